The number of non-ortho nitro benzene ring substituents is 1. The molecule has 0 heterocycles. The van der Waals surface area contributed by atoms with E-state index >= 15 is 0 Å². The van der Waals surface area contributed by atoms with Crippen molar-refractivity contribution in [2.24, 2.45) is 0 Å². The van der Waals surface area contributed by atoms with Crippen LogP contribution in [0.5, 0.6) is 11.5 Å². The molecule has 0 N–H and O–H groups in total. The second-order valence-corrected chi connectivity index (χ2v) is 5.42. The Labute approximate surface area is 129 Å². The molecule has 2 aromatic rings. The molecule has 6 heteroatoms. The summed E-state index contributed by atoms with van der Waals surface area (Å²) in [7, 11) is 0. The van der Waals surface area contributed by atoms with E-state index in [-0.39, 0.29) is 11.5 Å². The highest BCUT2D eigenvalue weighted by atomic mass is 79.9. The number of aryl methyl sites for hydroxylation is 1. The summed E-state index contributed by atoms with van der Waals surface area (Å²) < 4.78 is 6.47. The largest absolute Gasteiger partial charge is 0.456 e. The Morgan fingerprint density at radius 1 is 1.19 bits per heavy atom. The number of ether oxygens (including phenoxy) is 1. The quantitative estimate of drug-likeness (QED) is 0.457. The number of carbonyl (C=O) groups excluding carboxylic acids is 1. The van der Waals surface area contributed by atoms with Crippen molar-refractivity contribution in [1.82, 2.24) is 0 Å². The van der Waals surface area contributed by atoms with Crippen LogP contribution in [0.1, 0.15) is 22.8 Å². The summed E-state index contributed by atoms with van der Waals surface area (Å²) in [6.07, 6.45) is 0. The van der Waals surface area contributed by atoms with Gasteiger partial charge >= 0.3 is 0 Å². The molecule has 0 unspecified atom stereocenters. The van der Waals surface area contributed by atoms with Crippen LogP contribution in [0.3, 0.4) is 0 Å². The standard InChI is InChI=1S/C15H12BrNO4/c1-9-3-5-12(17(19)20)8-14(9)21-15-7-11(16)4-6-13(15)10(2)18/h3-8H,1-2H3. The number of halogens is 1. The number of hydrogen-bond acceptors (Lipinski definition) is 4. The number of nitro benzene ring substituents is 1. The molecule has 0 aliphatic carbocycles. The van der Waals surface area contributed by atoms with E-state index in [9.17, 15) is 14.9 Å². The van der Waals surface area contributed by atoms with Crippen molar-refractivity contribution in [1.29, 1.82) is 0 Å². The highest BCUT2D eigenvalue weighted by Gasteiger charge is 2.14. The average Bonchev–Trinajstić information content (AvgIpc) is 2.40. The van der Waals surface area contributed by atoms with E-state index in [2.05, 4.69) is 15.9 Å². The Morgan fingerprint density at radius 3 is 2.52 bits per heavy atom. The van der Waals surface area contributed by atoms with Gasteiger partial charge in [0.1, 0.15) is 11.5 Å². The summed E-state index contributed by atoms with van der Waals surface area (Å²) in [5.74, 6) is 0.575. The highest BCUT2D eigenvalue weighted by molar-refractivity contribution is 9.10. The van der Waals surface area contributed by atoms with Crippen molar-refractivity contribution in [2.75, 3.05) is 0 Å². The maximum atomic E-state index is 11.6. The molecule has 5 nitrogen and oxygen atoms in total. The Bertz CT molecular complexity index is 728. The second-order valence-electron chi connectivity index (χ2n) is 4.51. The Balaban J connectivity index is 2.47. The molecule has 2 aromatic carbocycles. The lowest BCUT2D eigenvalue weighted by Gasteiger charge is -2.12. The molecule has 2 rings (SSSR count). The zero-order valence-electron chi connectivity index (χ0n) is 11.4. The lowest BCUT2D eigenvalue weighted by Crippen LogP contribution is -1.98. The first-order chi connectivity index (χ1) is 9.88. The van der Waals surface area contributed by atoms with Crippen molar-refractivity contribution in [3.05, 3.63) is 62.1 Å². The predicted molar refractivity (Wildman–Crippen MR) is 82.1 cm³/mol. The average molecular weight is 350 g/mol. The number of benzene rings is 2. The number of carbonyl (C=O) groups is 1. The van der Waals surface area contributed by atoms with Crippen LogP contribution < -0.4 is 4.74 Å². The highest BCUT2D eigenvalue weighted by Crippen LogP contribution is 2.32. The molecule has 0 fully saturated rings. The van der Waals surface area contributed by atoms with Crippen LogP contribution in [0.15, 0.2) is 40.9 Å². The smallest absolute Gasteiger partial charge is 0.273 e. The van der Waals surface area contributed by atoms with Crippen LogP contribution in [0, 0.1) is 17.0 Å². The van der Waals surface area contributed by atoms with Crippen LogP contribution in [0.4, 0.5) is 5.69 Å². The van der Waals surface area contributed by atoms with Gasteiger partial charge in [0, 0.05) is 10.5 Å². The molecule has 0 radical (unpaired) electrons. The summed E-state index contributed by atoms with van der Waals surface area (Å²) in [4.78, 5) is 22.0. The van der Waals surface area contributed by atoms with Gasteiger partial charge in [-0.15, -0.1) is 0 Å². The van der Waals surface area contributed by atoms with Crippen LogP contribution in [0.25, 0.3) is 0 Å². The van der Waals surface area contributed by atoms with E-state index in [4.69, 9.17) is 4.74 Å². The van der Waals surface area contributed by atoms with Gasteiger partial charge in [0.2, 0.25) is 0 Å². The fraction of sp³-hybridized carbons (Fsp3) is 0.133. The number of nitro groups is 1. The molecule has 0 spiro atoms. The van der Waals surface area contributed by atoms with Gasteiger partial charge in [-0.05, 0) is 43.7 Å². The summed E-state index contributed by atoms with van der Waals surface area (Å²) in [6, 6.07) is 9.42. The third kappa shape index (κ3) is 3.46. The first kappa shape index (κ1) is 15.2. The Hall–Kier alpha value is -2.21. The van der Waals surface area contributed by atoms with Gasteiger partial charge in [-0.2, -0.15) is 0 Å². The third-order valence-corrected chi connectivity index (χ3v) is 3.42. The normalized spacial score (nSPS) is 10.2. The van der Waals surface area contributed by atoms with Crippen LogP contribution in [-0.4, -0.2) is 10.7 Å². The molecule has 0 atom stereocenters. The first-order valence-corrected chi connectivity index (χ1v) is 6.91. The monoisotopic (exact) mass is 349 g/mol. The van der Waals surface area contributed by atoms with Crippen molar-refractivity contribution >= 4 is 27.4 Å². The van der Waals surface area contributed by atoms with Gasteiger partial charge < -0.3 is 4.74 Å². The summed E-state index contributed by atoms with van der Waals surface area (Å²) in [6.45, 7) is 3.22. The maximum absolute atomic E-state index is 11.6. The number of nitrogens with zero attached hydrogens (tertiary/aromatic N) is 1. The summed E-state index contributed by atoms with van der Waals surface area (Å²) in [5.41, 5.74) is 1.11. The van der Waals surface area contributed by atoms with Crippen molar-refractivity contribution in [3.63, 3.8) is 0 Å². The molecule has 0 saturated heterocycles. The number of Topliss-reactive ketones (excluding diaryl/α,β-unsaturated/α-hetero) is 1. The van der Waals surface area contributed by atoms with E-state index in [1.165, 1.54) is 19.1 Å². The van der Waals surface area contributed by atoms with Crippen molar-refractivity contribution in [2.45, 2.75) is 13.8 Å². The lowest BCUT2D eigenvalue weighted by molar-refractivity contribution is -0.384. The topological polar surface area (TPSA) is 69.4 Å². The first-order valence-electron chi connectivity index (χ1n) is 6.12. The maximum Gasteiger partial charge on any atom is 0.273 e. The van der Waals surface area contributed by atoms with Crippen LogP contribution in [0.2, 0.25) is 0 Å². The van der Waals surface area contributed by atoms with Gasteiger partial charge in [0.25, 0.3) is 5.69 Å². The van der Waals surface area contributed by atoms with Crippen molar-refractivity contribution < 1.29 is 14.5 Å². The van der Waals surface area contributed by atoms with Gasteiger partial charge in [0.05, 0.1) is 16.6 Å². The van der Waals surface area contributed by atoms with Gasteiger partial charge in [-0.1, -0.05) is 15.9 Å². The molecule has 0 aliphatic rings. The minimum atomic E-state index is -0.487. The van der Waals surface area contributed by atoms with Crippen LogP contribution in [-0.2, 0) is 0 Å². The minimum absolute atomic E-state index is 0.0602. The molecule has 0 saturated carbocycles. The molecular weight excluding hydrogens is 338 g/mol. The number of ketones is 1. The molecule has 0 bridgehead atoms. The lowest BCUT2D eigenvalue weighted by atomic mass is 10.1. The van der Waals surface area contributed by atoms with E-state index in [1.54, 1.807) is 31.2 Å². The van der Waals surface area contributed by atoms with Crippen LogP contribution >= 0.6 is 15.9 Å². The van der Waals surface area contributed by atoms with E-state index in [1.807, 2.05) is 0 Å². The molecule has 0 aliphatic heterocycles. The summed E-state index contributed by atoms with van der Waals surface area (Å²) >= 11 is 3.32. The zero-order chi connectivity index (χ0) is 15.6. The predicted octanol–water partition coefficient (Wildman–Crippen LogP) is 4.66. The molecule has 21 heavy (non-hydrogen) atoms. The fourth-order valence-corrected chi connectivity index (χ4v) is 2.14. The number of rotatable bonds is 4. The minimum Gasteiger partial charge on any atom is -0.456 e. The summed E-state index contributed by atoms with van der Waals surface area (Å²) in [5, 5.41) is 10.8. The molecular formula is C15H12BrNO4. The SMILES string of the molecule is CC(=O)c1ccc(Br)cc1Oc1cc([N+](=O)[O-])ccc1C. The third-order valence-electron chi connectivity index (χ3n) is 2.93. The van der Waals surface area contributed by atoms with Crippen molar-refractivity contribution in [3.8, 4) is 11.5 Å². The Kier molecular flexibility index (Phi) is 4.37. The van der Waals surface area contributed by atoms with Gasteiger partial charge in [-0.3, -0.25) is 14.9 Å². The molecule has 108 valence electrons. The van der Waals surface area contributed by atoms with Gasteiger partial charge in [-0.25, -0.2) is 0 Å². The van der Waals surface area contributed by atoms with Gasteiger partial charge in [0.15, 0.2) is 5.78 Å². The van der Waals surface area contributed by atoms with E-state index in [0.717, 1.165) is 10.0 Å². The fourth-order valence-electron chi connectivity index (χ4n) is 1.80. The molecule has 0 amide bonds. The number of hydrogen-bond donors (Lipinski definition) is 0. The second kappa shape index (κ2) is 6.05. The van der Waals surface area contributed by atoms with E-state index in [0.29, 0.717) is 17.1 Å². The molecule has 0 aromatic heterocycles. The van der Waals surface area contributed by atoms with E-state index < -0.39 is 4.92 Å². The zero-order valence-corrected chi connectivity index (χ0v) is 13.0. The Morgan fingerprint density at radius 2 is 1.90 bits per heavy atom.